The van der Waals surface area contributed by atoms with Gasteiger partial charge in [-0.15, -0.1) is 27.1 Å². The summed E-state index contributed by atoms with van der Waals surface area (Å²) < 4.78 is 0. The summed E-state index contributed by atoms with van der Waals surface area (Å²) in [7, 11) is 0. The summed E-state index contributed by atoms with van der Waals surface area (Å²) in [6.07, 6.45) is 1.60. The SMILES string of the molecule is C.C.C.CC(=O)c1cc[c-]cc1CBr.O=C1CCc2c[c-]ccc21.[Y].[Y]. The van der Waals surface area contributed by atoms with Gasteiger partial charge < -0.3 is 0 Å². The molecular formula is C21H27BrO2Y2-2. The summed E-state index contributed by atoms with van der Waals surface area (Å²) in [6, 6.07) is 16.8. The van der Waals surface area contributed by atoms with Gasteiger partial charge in [0.25, 0.3) is 0 Å². The molecule has 1 aliphatic rings. The Bertz CT molecular complexity index is 673. The monoisotopic (exact) mass is 568 g/mol. The van der Waals surface area contributed by atoms with Crippen molar-refractivity contribution in [2.75, 3.05) is 0 Å². The zero-order valence-corrected chi connectivity index (χ0v) is 20.2. The molecule has 0 unspecified atom stereocenters. The number of aryl methyl sites for hydroxylation is 1. The van der Waals surface area contributed by atoms with Crippen molar-refractivity contribution in [3.05, 3.63) is 70.8 Å². The molecule has 2 aromatic rings. The molecule has 0 spiro atoms. The Balaban J connectivity index is -0.000000156. The number of ketones is 2. The van der Waals surface area contributed by atoms with Crippen molar-refractivity contribution in [2.45, 2.75) is 47.4 Å². The van der Waals surface area contributed by atoms with Crippen molar-refractivity contribution in [2.24, 2.45) is 0 Å². The van der Waals surface area contributed by atoms with Gasteiger partial charge in [0.1, 0.15) is 11.6 Å². The van der Waals surface area contributed by atoms with Crippen LogP contribution in [0.1, 0.15) is 67.5 Å². The number of carbonyl (C=O) groups is 2. The van der Waals surface area contributed by atoms with E-state index in [1.165, 1.54) is 0 Å². The summed E-state index contributed by atoms with van der Waals surface area (Å²) in [5, 5.41) is 0.708. The van der Waals surface area contributed by atoms with Crippen LogP contribution in [0.15, 0.2) is 36.4 Å². The number of fused-ring (bicyclic) bond motifs is 1. The molecule has 0 saturated heterocycles. The molecule has 3 rings (SSSR count). The third-order valence-corrected chi connectivity index (χ3v) is 3.95. The summed E-state index contributed by atoms with van der Waals surface area (Å²) in [5.74, 6) is 0.387. The zero-order chi connectivity index (χ0) is 15.2. The van der Waals surface area contributed by atoms with E-state index in [-0.39, 0.29) is 99.3 Å². The fourth-order valence-electron chi connectivity index (χ4n) is 2.25. The summed E-state index contributed by atoms with van der Waals surface area (Å²) >= 11 is 3.30. The molecule has 0 saturated carbocycles. The minimum atomic E-state index is 0. The smallest absolute Gasteiger partial charge is 0.138 e. The average Bonchev–Trinajstić information content (AvgIpc) is 2.90. The summed E-state index contributed by atoms with van der Waals surface area (Å²) in [4.78, 5) is 22.0. The van der Waals surface area contributed by atoms with Crippen molar-refractivity contribution in [3.63, 3.8) is 0 Å². The Labute approximate surface area is 218 Å². The molecule has 0 fully saturated rings. The first kappa shape index (κ1) is 34.0. The van der Waals surface area contributed by atoms with Crippen LogP contribution in [-0.4, -0.2) is 11.6 Å². The maximum absolute atomic E-state index is 11.1. The fourth-order valence-corrected chi connectivity index (χ4v) is 2.71. The third-order valence-electron chi connectivity index (χ3n) is 3.34. The first-order valence-corrected chi connectivity index (χ1v) is 7.83. The van der Waals surface area contributed by atoms with Gasteiger partial charge in [0.05, 0.1) is 0 Å². The van der Waals surface area contributed by atoms with E-state index in [0.717, 1.165) is 28.7 Å². The third kappa shape index (κ3) is 9.60. The van der Waals surface area contributed by atoms with Gasteiger partial charge in [-0.3, -0.25) is 9.59 Å². The molecule has 0 atom stereocenters. The van der Waals surface area contributed by atoms with Gasteiger partial charge in [-0.25, -0.2) is 0 Å². The second-order valence-electron chi connectivity index (χ2n) is 4.78. The molecular weight excluding hydrogens is 542 g/mol. The normalized spacial score (nSPS) is 10.0. The molecule has 0 N–H and O–H groups in total. The van der Waals surface area contributed by atoms with Crippen molar-refractivity contribution in [3.8, 4) is 0 Å². The van der Waals surface area contributed by atoms with Crippen LogP contribution in [0.25, 0.3) is 0 Å². The number of rotatable bonds is 2. The van der Waals surface area contributed by atoms with E-state index in [0.29, 0.717) is 11.8 Å². The number of carbonyl (C=O) groups excluding carboxylic acids is 2. The van der Waals surface area contributed by atoms with Crippen LogP contribution in [0, 0.1) is 12.1 Å². The topological polar surface area (TPSA) is 34.1 Å². The van der Waals surface area contributed by atoms with Gasteiger partial charge in [0.15, 0.2) is 0 Å². The van der Waals surface area contributed by atoms with Crippen LogP contribution in [0.3, 0.4) is 0 Å². The number of hydrogen-bond acceptors (Lipinski definition) is 2. The van der Waals surface area contributed by atoms with Crippen LogP contribution in [0.5, 0.6) is 0 Å². The van der Waals surface area contributed by atoms with E-state index in [9.17, 15) is 9.59 Å². The summed E-state index contributed by atoms with van der Waals surface area (Å²) in [6.45, 7) is 1.57. The van der Waals surface area contributed by atoms with Gasteiger partial charge >= 0.3 is 0 Å². The standard InChI is InChI=1S/C9H8BrO.C9H7O.3CH4.2Y/c1-7(11)9-5-3-2-4-8(9)6-10;10-9-6-5-7-3-1-2-4-8(7)9;;;;;/h3-5H,6H2,1H3;2-4H,5-6H2;3*1H4;;/q2*-1;;;;;. The minimum absolute atomic E-state index is 0. The van der Waals surface area contributed by atoms with E-state index < -0.39 is 0 Å². The Morgan fingerprint density at radius 3 is 2.12 bits per heavy atom. The van der Waals surface area contributed by atoms with Crippen molar-refractivity contribution in [1.29, 1.82) is 0 Å². The van der Waals surface area contributed by atoms with Crippen molar-refractivity contribution >= 4 is 27.5 Å². The van der Waals surface area contributed by atoms with Gasteiger partial charge in [-0.2, -0.15) is 48.5 Å². The van der Waals surface area contributed by atoms with Gasteiger partial charge in [-0.1, -0.05) is 39.8 Å². The first-order valence-electron chi connectivity index (χ1n) is 6.71. The largest absolute Gasteiger partial charge is 0.297 e. The van der Waals surface area contributed by atoms with Crippen molar-refractivity contribution < 1.29 is 75.0 Å². The number of Topliss-reactive ketones (excluding diaryl/α,β-unsaturated/α-hetero) is 2. The number of hydrogen-bond donors (Lipinski definition) is 0. The van der Waals surface area contributed by atoms with E-state index in [2.05, 4.69) is 28.1 Å². The van der Waals surface area contributed by atoms with Gasteiger partial charge in [0.2, 0.25) is 0 Å². The van der Waals surface area contributed by atoms with Crippen LogP contribution in [-0.2, 0) is 77.2 Å². The molecule has 2 radical (unpaired) electrons. The number of halogens is 1. The number of alkyl halides is 1. The van der Waals surface area contributed by atoms with E-state index in [1.54, 1.807) is 25.1 Å². The zero-order valence-electron chi connectivity index (χ0n) is 12.9. The Morgan fingerprint density at radius 2 is 1.62 bits per heavy atom. The predicted octanol–water partition coefficient (Wildman–Crippen LogP) is 6.10. The molecule has 0 amide bonds. The fraction of sp³-hybridized carbons (Fsp3) is 0.333. The molecule has 0 heterocycles. The van der Waals surface area contributed by atoms with Crippen LogP contribution >= 0.6 is 15.9 Å². The predicted molar refractivity (Wildman–Crippen MR) is 106 cm³/mol. The number of benzene rings is 2. The van der Waals surface area contributed by atoms with E-state index >= 15 is 0 Å². The second-order valence-corrected chi connectivity index (χ2v) is 5.34. The molecule has 138 valence electrons. The average molecular weight is 569 g/mol. The Kier molecular flexibility index (Phi) is 23.0. The van der Waals surface area contributed by atoms with Crippen LogP contribution in [0.4, 0.5) is 0 Å². The first-order chi connectivity index (χ1) is 10.1. The maximum atomic E-state index is 11.1. The van der Waals surface area contributed by atoms with Crippen LogP contribution in [0.2, 0.25) is 0 Å². The Morgan fingerprint density at radius 1 is 1.04 bits per heavy atom. The molecule has 2 nitrogen and oxygen atoms in total. The van der Waals surface area contributed by atoms with Crippen LogP contribution < -0.4 is 0 Å². The minimum Gasteiger partial charge on any atom is -0.297 e. The Hall–Kier alpha value is 0.468. The molecule has 2 aromatic carbocycles. The summed E-state index contributed by atoms with van der Waals surface area (Å²) in [5.41, 5.74) is 3.84. The van der Waals surface area contributed by atoms with Crippen molar-refractivity contribution in [1.82, 2.24) is 0 Å². The molecule has 0 bridgehead atoms. The van der Waals surface area contributed by atoms with Gasteiger partial charge in [0, 0.05) is 71.8 Å². The maximum Gasteiger partial charge on any atom is 0.138 e. The molecule has 5 heteroatoms. The molecule has 0 aliphatic heterocycles. The van der Waals surface area contributed by atoms with E-state index in [1.807, 2.05) is 18.2 Å². The van der Waals surface area contributed by atoms with E-state index in [4.69, 9.17) is 0 Å². The molecule has 26 heavy (non-hydrogen) atoms. The second kappa shape index (κ2) is 17.6. The molecule has 0 aromatic heterocycles. The quantitative estimate of drug-likeness (QED) is 0.249. The van der Waals surface area contributed by atoms with Gasteiger partial charge in [-0.05, 0) is 12.3 Å². The molecule has 1 aliphatic carbocycles.